The van der Waals surface area contributed by atoms with Gasteiger partial charge in [-0.2, -0.15) is 0 Å². The van der Waals surface area contributed by atoms with Crippen LogP contribution in [0.25, 0.3) is 22.0 Å². The number of halogens is 2. The number of rotatable bonds is 4. The predicted molar refractivity (Wildman–Crippen MR) is 118 cm³/mol. The average molecular weight is 428 g/mol. The number of nitrogens with two attached hydrogens (primary N) is 1. The minimum Gasteiger partial charge on any atom is -0.405 e. The zero-order valence-electron chi connectivity index (χ0n) is 15.5. The summed E-state index contributed by atoms with van der Waals surface area (Å²) in [6.07, 6.45) is 4.50. The number of fused-ring (bicyclic) bond motifs is 1. The molecule has 4 rings (SSSR count). The number of aromatic nitrogens is 2. The smallest absolute Gasteiger partial charge is 0.130 e. The zero-order valence-corrected chi connectivity index (χ0v) is 17.0. The molecule has 6 nitrogen and oxygen atoms in total. The molecule has 148 valence electrons. The third kappa shape index (κ3) is 4.05. The van der Waals surface area contributed by atoms with E-state index in [0.717, 1.165) is 35.4 Å². The van der Waals surface area contributed by atoms with Gasteiger partial charge in [-0.15, -0.1) is 0 Å². The molecule has 8 heteroatoms. The van der Waals surface area contributed by atoms with Gasteiger partial charge in [-0.05, 0) is 53.7 Å². The molecule has 0 saturated carbocycles. The Hall–Kier alpha value is -2.67. The van der Waals surface area contributed by atoms with E-state index < -0.39 is 0 Å². The fourth-order valence-corrected chi connectivity index (χ4v) is 3.94. The van der Waals surface area contributed by atoms with Crippen molar-refractivity contribution < 1.29 is 4.74 Å². The summed E-state index contributed by atoms with van der Waals surface area (Å²) in [7, 11) is 0. The Bertz CT molecular complexity index is 1090. The Morgan fingerprint density at radius 2 is 1.86 bits per heavy atom. The number of morpholine rings is 1. The summed E-state index contributed by atoms with van der Waals surface area (Å²) in [4.78, 5) is 11.4. The first-order valence-corrected chi connectivity index (χ1v) is 9.88. The molecule has 0 amide bonds. The van der Waals surface area contributed by atoms with Crippen LogP contribution in [0.1, 0.15) is 5.69 Å². The highest BCUT2D eigenvalue weighted by Crippen LogP contribution is 2.35. The molecule has 3 heterocycles. The van der Waals surface area contributed by atoms with Gasteiger partial charge in [0.15, 0.2) is 0 Å². The molecule has 0 radical (unpaired) electrons. The standard InChI is InChI=1S/C21H19Cl2N5O/c22-14-9-13(10-15(23)11-14)17-12-19(28-5-7-29-8-6-28)27-20-16(17)2-4-26-21(20)18(25)1-3-24/h1-4,9-12,25H,5-8,24H2. The zero-order chi connectivity index (χ0) is 20.4. The van der Waals surface area contributed by atoms with Gasteiger partial charge in [-0.1, -0.05) is 23.2 Å². The van der Waals surface area contributed by atoms with Crippen molar-refractivity contribution in [1.82, 2.24) is 9.97 Å². The van der Waals surface area contributed by atoms with Crippen LogP contribution in [0.4, 0.5) is 5.82 Å². The normalized spacial score (nSPS) is 14.6. The van der Waals surface area contributed by atoms with Crippen molar-refractivity contribution in [2.45, 2.75) is 0 Å². The van der Waals surface area contributed by atoms with E-state index in [0.29, 0.717) is 34.5 Å². The maximum atomic E-state index is 8.32. The van der Waals surface area contributed by atoms with E-state index >= 15 is 0 Å². The summed E-state index contributed by atoms with van der Waals surface area (Å²) < 4.78 is 5.48. The maximum absolute atomic E-state index is 8.32. The molecule has 1 saturated heterocycles. The monoisotopic (exact) mass is 427 g/mol. The number of pyridine rings is 2. The van der Waals surface area contributed by atoms with Gasteiger partial charge in [0.25, 0.3) is 0 Å². The number of nitrogens with zero attached hydrogens (tertiary/aromatic N) is 3. The maximum Gasteiger partial charge on any atom is 0.130 e. The molecule has 2 aromatic heterocycles. The molecule has 1 aliphatic heterocycles. The summed E-state index contributed by atoms with van der Waals surface area (Å²) in [5.41, 5.74) is 8.58. The van der Waals surface area contributed by atoms with Crippen LogP contribution in [-0.2, 0) is 4.74 Å². The summed E-state index contributed by atoms with van der Waals surface area (Å²) >= 11 is 12.5. The Balaban J connectivity index is 1.99. The lowest BCUT2D eigenvalue weighted by molar-refractivity contribution is 0.122. The van der Waals surface area contributed by atoms with E-state index in [1.807, 2.05) is 24.3 Å². The van der Waals surface area contributed by atoms with Gasteiger partial charge in [0.1, 0.15) is 17.0 Å². The third-order valence-corrected chi connectivity index (χ3v) is 5.18. The second kappa shape index (κ2) is 8.37. The van der Waals surface area contributed by atoms with E-state index in [-0.39, 0.29) is 5.71 Å². The number of anilines is 1. The number of benzene rings is 1. The first kappa shape index (κ1) is 19.6. The Labute approximate surface area is 178 Å². The van der Waals surface area contributed by atoms with E-state index in [4.69, 9.17) is 44.1 Å². The summed E-state index contributed by atoms with van der Waals surface area (Å²) in [5.74, 6) is 0.797. The van der Waals surface area contributed by atoms with Gasteiger partial charge in [-0.3, -0.25) is 10.4 Å². The minimum absolute atomic E-state index is 0.194. The lowest BCUT2D eigenvalue weighted by atomic mass is 10.00. The van der Waals surface area contributed by atoms with E-state index in [9.17, 15) is 0 Å². The summed E-state index contributed by atoms with van der Waals surface area (Å²) in [5, 5.41) is 10.3. The lowest BCUT2D eigenvalue weighted by Gasteiger charge is -2.28. The number of ether oxygens (including phenoxy) is 1. The number of hydrogen-bond donors (Lipinski definition) is 2. The quantitative estimate of drug-likeness (QED) is 0.606. The van der Waals surface area contributed by atoms with Crippen molar-refractivity contribution in [2.75, 3.05) is 31.2 Å². The van der Waals surface area contributed by atoms with E-state index in [1.165, 1.54) is 12.3 Å². The van der Waals surface area contributed by atoms with Gasteiger partial charge in [-0.25, -0.2) is 4.98 Å². The second-order valence-corrected chi connectivity index (χ2v) is 7.49. The summed E-state index contributed by atoms with van der Waals surface area (Å²) in [6, 6.07) is 9.36. The molecule has 3 N–H and O–H groups in total. The van der Waals surface area contributed by atoms with Crippen molar-refractivity contribution >= 4 is 45.6 Å². The van der Waals surface area contributed by atoms with Crippen LogP contribution < -0.4 is 10.6 Å². The van der Waals surface area contributed by atoms with Gasteiger partial charge in [0.05, 0.1) is 18.9 Å². The van der Waals surface area contributed by atoms with Crippen molar-refractivity contribution in [3.63, 3.8) is 0 Å². The molecule has 3 aromatic rings. The highest BCUT2D eigenvalue weighted by Gasteiger charge is 2.19. The van der Waals surface area contributed by atoms with Crippen molar-refractivity contribution in [3.05, 3.63) is 64.5 Å². The van der Waals surface area contributed by atoms with E-state index in [2.05, 4.69) is 9.88 Å². The number of hydrogen-bond acceptors (Lipinski definition) is 6. The van der Waals surface area contributed by atoms with Crippen LogP contribution >= 0.6 is 23.2 Å². The second-order valence-electron chi connectivity index (χ2n) is 6.61. The van der Waals surface area contributed by atoms with Gasteiger partial charge < -0.3 is 15.4 Å². The SMILES string of the molecule is N=C(C=CN)c1nccc2c(-c3cc(Cl)cc(Cl)c3)cc(N3CCOCC3)nc12. The molecular weight excluding hydrogens is 409 g/mol. The van der Waals surface area contributed by atoms with Crippen LogP contribution in [0.5, 0.6) is 0 Å². The van der Waals surface area contributed by atoms with Crippen LogP contribution in [-0.4, -0.2) is 42.0 Å². The lowest BCUT2D eigenvalue weighted by Crippen LogP contribution is -2.36. The van der Waals surface area contributed by atoms with Gasteiger partial charge in [0.2, 0.25) is 0 Å². The molecule has 0 aliphatic carbocycles. The third-order valence-electron chi connectivity index (χ3n) is 4.74. The van der Waals surface area contributed by atoms with Crippen molar-refractivity contribution in [1.29, 1.82) is 5.41 Å². The van der Waals surface area contributed by atoms with Crippen molar-refractivity contribution in [3.8, 4) is 11.1 Å². The van der Waals surface area contributed by atoms with Gasteiger partial charge >= 0.3 is 0 Å². The van der Waals surface area contributed by atoms with Crippen LogP contribution in [0.3, 0.4) is 0 Å². The topological polar surface area (TPSA) is 88.1 Å². The fraction of sp³-hybridized carbons (Fsp3) is 0.190. The molecule has 1 aliphatic rings. The first-order chi connectivity index (χ1) is 14.1. The Morgan fingerprint density at radius 3 is 2.55 bits per heavy atom. The van der Waals surface area contributed by atoms with Crippen LogP contribution in [0, 0.1) is 5.41 Å². The van der Waals surface area contributed by atoms with Crippen molar-refractivity contribution in [2.24, 2.45) is 5.73 Å². The Morgan fingerprint density at radius 1 is 1.14 bits per heavy atom. The molecule has 0 bridgehead atoms. The Kier molecular flexibility index (Phi) is 5.67. The summed E-state index contributed by atoms with van der Waals surface area (Å²) in [6.45, 7) is 2.77. The highest BCUT2D eigenvalue weighted by molar-refractivity contribution is 6.35. The predicted octanol–water partition coefficient (Wildman–Crippen LogP) is 4.28. The van der Waals surface area contributed by atoms with E-state index in [1.54, 1.807) is 12.3 Å². The largest absolute Gasteiger partial charge is 0.405 e. The van der Waals surface area contributed by atoms with Crippen LogP contribution in [0.2, 0.25) is 10.0 Å². The molecular formula is C21H19Cl2N5O. The molecule has 29 heavy (non-hydrogen) atoms. The van der Waals surface area contributed by atoms with Crippen LogP contribution in [0.15, 0.2) is 48.8 Å². The molecule has 0 spiro atoms. The fourth-order valence-electron chi connectivity index (χ4n) is 3.41. The minimum atomic E-state index is 0.194. The number of allylic oxidation sites excluding steroid dienone is 1. The van der Waals surface area contributed by atoms with Gasteiger partial charge in [0, 0.05) is 34.7 Å². The molecule has 1 fully saturated rings. The highest BCUT2D eigenvalue weighted by atomic mass is 35.5. The molecule has 0 unspecified atom stereocenters. The first-order valence-electron chi connectivity index (χ1n) is 9.13. The molecule has 1 aromatic carbocycles. The number of nitrogens with one attached hydrogen (secondary N) is 1. The molecule has 0 atom stereocenters. The average Bonchev–Trinajstić information content (AvgIpc) is 2.72.